The number of thioether (sulfide) groups is 1. The van der Waals surface area contributed by atoms with Gasteiger partial charge in [0.2, 0.25) is 0 Å². The van der Waals surface area contributed by atoms with Crippen LogP contribution in [-0.2, 0) is 0 Å². The fourth-order valence-electron chi connectivity index (χ4n) is 2.74. The molecule has 0 radical (unpaired) electrons. The molecule has 1 N–H and O–H groups in total. The molecule has 0 bridgehead atoms. The zero-order valence-electron chi connectivity index (χ0n) is 13.0. The molecule has 1 aromatic rings. The molecule has 4 nitrogen and oxygen atoms in total. The second-order valence-corrected chi connectivity index (χ2v) is 8.07. The lowest BCUT2D eigenvalue weighted by molar-refractivity contribution is 0.235. The van der Waals surface area contributed by atoms with E-state index in [0.717, 1.165) is 39.4 Å². The molecule has 0 spiro atoms. The molecule has 2 saturated heterocycles. The number of thiocarbonyl (C=S) groups is 1. The van der Waals surface area contributed by atoms with Crippen molar-refractivity contribution in [1.29, 1.82) is 0 Å². The second kappa shape index (κ2) is 8.46. The standard InChI is InChI=1S/C16H21BrN4S2/c17-13-5-4-6-14(11-13)19-15(22)21-9-10-23-16(21)18-12-20-7-2-1-3-8-20/h4-6,11H,1-3,7-10,12H2,(H,19,22)/b18-16-. The van der Waals surface area contributed by atoms with Gasteiger partial charge in [-0.05, 0) is 56.3 Å². The Morgan fingerprint density at radius 1 is 1.26 bits per heavy atom. The first-order chi connectivity index (χ1) is 11.2. The van der Waals surface area contributed by atoms with E-state index in [1.807, 2.05) is 24.3 Å². The Kier molecular flexibility index (Phi) is 6.33. The van der Waals surface area contributed by atoms with E-state index in [1.54, 1.807) is 11.8 Å². The van der Waals surface area contributed by atoms with Gasteiger partial charge < -0.3 is 5.32 Å². The molecule has 0 aliphatic carbocycles. The summed E-state index contributed by atoms with van der Waals surface area (Å²) in [6.45, 7) is 4.05. The van der Waals surface area contributed by atoms with Gasteiger partial charge in [-0.3, -0.25) is 9.80 Å². The first kappa shape index (κ1) is 17.2. The highest BCUT2D eigenvalue weighted by atomic mass is 79.9. The molecule has 124 valence electrons. The van der Waals surface area contributed by atoms with Gasteiger partial charge in [0.1, 0.15) is 0 Å². The van der Waals surface area contributed by atoms with Gasteiger partial charge in [0.15, 0.2) is 10.3 Å². The smallest absolute Gasteiger partial charge is 0.179 e. The molecule has 23 heavy (non-hydrogen) atoms. The highest BCUT2D eigenvalue weighted by Crippen LogP contribution is 2.21. The summed E-state index contributed by atoms with van der Waals surface area (Å²) < 4.78 is 1.04. The lowest BCUT2D eigenvalue weighted by atomic mass is 10.1. The summed E-state index contributed by atoms with van der Waals surface area (Å²) in [6, 6.07) is 8.05. The molecule has 2 aliphatic rings. The van der Waals surface area contributed by atoms with Crippen LogP contribution < -0.4 is 5.32 Å². The van der Waals surface area contributed by atoms with E-state index in [4.69, 9.17) is 17.2 Å². The quantitative estimate of drug-likeness (QED) is 0.758. The van der Waals surface area contributed by atoms with Gasteiger partial charge in [0.25, 0.3) is 0 Å². The van der Waals surface area contributed by atoms with Crippen LogP contribution in [0.1, 0.15) is 19.3 Å². The van der Waals surface area contributed by atoms with Crippen molar-refractivity contribution in [3.05, 3.63) is 28.7 Å². The summed E-state index contributed by atoms with van der Waals surface area (Å²) in [6.07, 6.45) is 3.95. The molecule has 7 heteroatoms. The number of amidine groups is 1. The minimum Gasteiger partial charge on any atom is -0.332 e. The van der Waals surface area contributed by atoms with Crippen LogP contribution in [0.25, 0.3) is 0 Å². The minimum absolute atomic E-state index is 0.727. The first-order valence-electron chi connectivity index (χ1n) is 7.96. The number of aliphatic imine (C=N–C) groups is 1. The van der Waals surface area contributed by atoms with E-state index in [1.165, 1.54) is 32.4 Å². The fourth-order valence-corrected chi connectivity index (χ4v) is 4.44. The van der Waals surface area contributed by atoms with Gasteiger partial charge in [-0.25, -0.2) is 4.99 Å². The summed E-state index contributed by atoms with van der Waals surface area (Å²) in [7, 11) is 0. The molecule has 0 aromatic heterocycles. The zero-order valence-corrected chi connectivity index (χ0v) is 16.2. The largest absolute Gasteiger partial charge is 0.332 e. The Morgan fingerprint density at radius 2 is 2.09 bits per heavy atom. The highest BCUT2D eigenvalue weighted by molar-refractivity contribution is 9.10. The summed E-state index contributed by atoms with van der Waals surface area (Å²) >= 11 is 10.9. The Hall–Kier alpha value is -0.630. The van der Waals surface area contributed by atoms with Crippen molar-refractivity contribution in [2.24, 2.45) is 4.99 Å². The fraction of sp³-hybridized carbons (Fsp3) is 0.500. The van der Waals surface area contributed by atoms with Gasteiger partial charge >= 0.3 is 0 Å². The maximum atomic E-state index is 5.58. The third-order valence-electron chi connectivity index (χ3n) is 3.95. The molecule has 3 rings (SSSR count). The molecule has 2 aliphatic heterocycles. The van der Waals surface area contributed by atoms with E-state index >= 15 is 0 Å². The molecule has 2 heterocycles. The third-order valence-corrected chi connectivity index (χ3v) is 5.76. The predicted molar refractivity (Wildman–Crippen MR) is 107 cm³/mol. The maximum absolute atomic E-state index is 5.58. The lowest BCUT2D eigenvalue weighted by Gasteiger charge is -2.25. The predicted octanol–water partition coefficient (Wildman–Crippen LogP) is 3.99. The Morgan fingerprint density at radius 3 is 2.87 bits per heavy atom. The molecular formula is C16H21BrN4S2. The first-order valence-corrected chi connectivity index (χ1v) is 10.1. The Balaban J connectivity index is 1.60. The van der Waals surface area contributed by atoms with Crippen LogP contribution in [0.5, 0.6) is 0 Å². The Labute approximate surface area is 155 Å². The number of rotatable bonds is 3. The number of nitrogens with zero attached hydrogens (tertiary/aromatic N) is 3. The van der Waals surface area contributed by atoms with E-state index in [2.05, 4.69) is 31.0 Å². The van der Waals surface area contributed by atoms with Crippen molar-refractivity contribution in [1.82, 2.24) is 9.80 Å². The zero-order chi connectivity index (χ0) is 16.1. The molecular weight excluding hydrogens is 392 g/mol. The molecule has 2 fully saturated rings. The van der Waals surface area contributed by atoms with Crippen LogP contribution in [0, 0.1) is 0 Å². The van der Waals surface area contributed by atoms with Crippen molar-refractivity contribution in [2.45, 2.75) is 19.3 Å². The summed E-state index contributed by atoms with van der Waals surface area (Å²) in [5, 5.41) is 5.08. The number of nitrogens with one attached hydrogen (secondary N) is 1. The summed E-state index contributed by atoms with van der Waals surface area (Å²) in [4.78, 5) is 9.35. The third kappa shape index (κ3) is 4.92. The minimum atomic E-state index is 0.727. The number of halogens is 1. The van der Waals surface area contributed by atoms with Crippen molar-refractivity contribution >= 4 is 55.9 Å². The number of benzene rings is 1. The van der Waals surface area contributed by atoms with Crippen LogP contribution in [-0.4, -0.2) is 52.1 Å². The van der Waals surface area contributed by atoms with Crippen LogP contribution in [0.15, 0.2) is 33.7 Å². The number of piperidine rings is 1. The second-order valence-electron chi connectivity index (χ2n) is 5.70. The van der Waals surface area contributed by atoms with Crippen molar-refractivity contribution < 1.29 is 0 Å². The van der Waals surface area contributed by atoms with Gasteiger partial charge in [-0.1, -0.05) is 40.2 Å². The lowest BCUT2D eigenvalue weighted by Crippen LogP contribution is -2.36. The normalized spacial score (nSPS) is 20.9. The SMILES string of the molecule is S=C(Nc1cccc(Br)c1)N1CCS/C1=N\CN1CCCCC1. The van der Waals surface area contributed by atoms with Crippen molar-refractivity contribution in [3.63, 3.8) is 0 Å². The van der Waals surface area contributed by atoms with Gasteiger partial charge in [-0.15, -0.1) is 0 Å². The van der Waals surface area contributed by atoms with Gasteiger partial charge in [0, 0.05) is 22.5 Å². The molecule has 0 amide bonds. The topological polar surface area (TPSA) is 30.9 Å². The van der Waals surface area contributed by atoms with Crippen molar-refractivity contribution in [2.75, 3.05) is 37.4 Å². The van der Waals surface area contributed by atoms with Crippen LogP contribution >= 0.6 is 39.9 Å². The average molecular weight is 413 g/mol. The van der Waals surface area contributed by atoms with Gasteiger partial charge in [-0.2, -0.15) is 0 Å². The number of hydrogen-bond donors (Lipinski definition) is 1. The summed E-state index contributed by atoms with van der Waals surface area (Å²) in [5.41, 5.74) is 0.997. The van der Waals surface area contributed by atoms with E-state index in [-0.39, 0.29) is 0 Å². The molecule has 0 atom stereocenters. The van der Waals surface area contributed by atoms with Crippen LogP contribution in [0.3, 0.4) is 0 Å². The van der Waals surface area contributed by atoms with E-state index in [9.17, 15) is 0 Å². The van der Waals surface area contributed by atoms with Crippen LogP contribution in [0.4, 0.5) is 5.69 Å². The monoisotopic (exact) mass is 412 g/mol. The molecule has 0 unspecified atom stereocenters. The average Bonchev–Trinajstić information content (AvgIpc) is 3.02. The number of likely N-dealkylation sites (tertiary alicyclic amines) is 1. The Bertz CT molecular complexity index is 587. The van der Waals surface area contributed by atoms with Gasteiger partial charge in [0.05, 0.1) is 6.67 Å². The molecule has 0 saturated carbocycles. The van der Waals surface area contributed by atoms with E-state index < -0.39 is 0 Å². The van der Waals surface area contributed by atoms with Crippen molar-refractivity contribution in [3.8, 4) is 0 Å². The number of hydrogen-bond acceptors (Lipinski definition) is 4. The van der Waals surface area contributed by atoms with Crippen LogP contribution in [0.2, 0.25) is 0 Å². The summed E-state index contributed by atoms with van der Waals surface area (Å²) in [5.74, 6) is 1.04. The molecule has 1 aromatic carbocycles. The van der Waals surface area contributed by atoms with E-state index in [0.29, 0.717) is 0 Å². The maximum Gasteiger partial charge on any atom is 0.179 e. The highest BCUT2D eigenvalue weighted by Gasteiger charge is 2.23. The number of anilines is 1.